The molecule has 1 amide bonds. The molecule has 4 heteroatoms. The van der Waals surface area contributed by atoms with Crippen LogP contribution in [0.2, 0.25) is 0 Å². The number of benzene rings is 2. The molecule has 2 aromatic carbocycles. The average Bonchev–Trinajstić information content (AvgIpc) is 2.50. The molecule has 2 aromatic rings. The number of hydrogen-bond acceptors (Lipinski definition) is 3. The second-order valence-electron chi connectivity index (χ2n) is 4.86. The molecule has 0 saturated carbocycles. The van der Waals surface area contributed by atoms with E-state index in [2.05, 4.69) is 5.32 Å². The summed E-state index contributed by atoms with van der Waals surface area (Å²) >= 11 is 0. The smallest absolute Gasteiger partial charge is 0.251 e. The van der Waals surface area contributed by atoms with Gasteiger partial charge in [-0.1, -0.05) is 12.1 Å². The fourth-order valence-electron chi connectivity index (χ4n) is 2.01. The third-order valence-corrected chi connectivity index (χ3v) is 3.32. The summed E-state index contributed by atoms with van der Waals surface area (Å²) in [6.07, 6.45) is 0.757. The molecule has 0 aliphatic carbocycles. The Labute approximate surface area is 124 Å². The normalized spacial score (nSPS) is 10.2. The number of aromatic hydroxyl groups is 1. The third-order valence-electron chi connectivity index (χ3n) is 3.32. The molecule has 0 atom stereocenters. The average molecular weight is 285 g/mol. The number of methoxy groups -OCH3 is 1. The van der Waals surface area contributed by atoms with Crippen LogP contribution in [0.25, 0.3) is 0 Å². The maximum atomic E-state index is 12.0. The molecule has 0 bridgehead atoms. The van der Waals surface area contributed by atoms with Crippen LogP contribution in [0.1, 0.15) is 21.5 Å². The number of carbonyl (C=O) groups is 1. The van der Waals surface area contributed by atoms with E-state index in [4.69, 9.17) is 4.74 Å². The maximum absolute atomic E-state index is 12.0. The molecule has 0 aliphatic heterocycles. The Morgan fingerprint density at radius 2 is 1.90 bits per heavy atom. The van der Waals surface area contributed by atoms with E-state index in [9.17, 15) is 9.90 Å². The van der Waals surface area contributed by atoms with Crippen molar-refractivity contribution in [2.45, 2.75) is 13.3 Å². The Hall–Kier alpha value is -2.49. The zero-order valence-corrected chi connectivity index (χ0v) is 12.2. The highest BCUT2D eigenvalue weighted by atomic mass is 16.5. The predicted octanol–water partition coefficient (Wildman–Crippen LogP) is 2.68. The van der Waals surface area contributed by atoms with Crippen molar-refractivity contribution in [3.05, 3.63) is 59.2 Å². The Morgan fingerprint density at radius 1 is 1.19 bits per heavy atom. The molecule has 21 heavy (non-hydrogen) atoms. The molecule has 2 rings (SSSR count). The molecule has 0 fully saturated rings. The number of rotatable bonds is 5. The quantitative estimate of drug-likeness (QED) is 0.888. The number of phenolic OH excluding ortho intramolecular Hbond substituents is 1. The van der Waals surface area contributed by atoms with Crippen LogP contribution in [0, 0.1) is 6.92 Å². The Bertz CT molecular complexity index is 620. The minimum absolute atomic E-state index is 0.133. The van der Waals surface area contributed by atoms with Gasteiger partial charge < -0.3 is 15.2 Å². The molecule has 0 aliphatic rings. The number of nitrogens with one attached hydrogen (secondary N) is 1. The van der Waals surface area contributed by atoms with Crippen molar-refractivity contribution in [2.24, 2.45) is 0 Å². The monoisotopic (exact) mass is 285 g/mol. The van der Waals surface area contributed by atoms with Gasteiger partial charge in [0.1, 0.15) is 11.5 Å². The van der Waals surface area contributed by atoms with Crippen molar-refractivity contribution >= 4 is 5.91 Å². The first kappa shape index (κ1) is 14.9. The van der Waals surface area contributed by atoms with Gasteiger partial charge in [0.2, 0.25) is 0 Å². The summed E-state index contributed by atoms with van der Waals surface area (Å²) in [4.78, 5) is 12.0. The number of carbonyl (C=O) groups excluding carboxylic acids is 1. The topological polar surface area (TPSA) is 58.6 Å². The highest BCUT2D eigenvalue weighted by molar-refractivity contribution is 5.94. The molecule has 4 nitrogen and oxygen atoms in total. The molecule has 0 heterocycles. The summed E-state index contributed by atoms with van der Waals surface area (Å²) in [6, 6.07) is 12.6. The van der Waals surface area contributed by atoms with Gasteiger partial charge in [-0.2, -0.15) is 0 Å². The lowest BCUT2D eigenvalue weighted by molar-refractivity contribution is 0.0954. The summed E-state index contributed by atoms with van der Waals surface area (Å²) in [5.74, 6) is 0.888. The molecule has 0 radical (unpaired) electrons. The van der Waals surface area contributed by atoms with Crippen LogP contribution in [0.15, 0.2) is 42.5 Å². The van der Waals surface area contributed by atoms with Gasteiger partial charge in [-0.15, -0.1) is 0 Å². The van der Waals surface area contributed by atoms with Crippen molar-refractivity contribution in [1.82, 2.24) is 5.32 Å². The van der Waals surface area contributed by atoms with Crippen molar-refractivity contribution in [3.8, 4) is 11.5 Å². The van der Waals surface area contributed by atoms with Crippen molar-refractivity contribution in [1.29, 1.82) is 0 Å². The van der Waals surface area contributed by atoms with Gasteiger partial charge in [-0.3, -0.25) is 4.79 Å². The summed E-state index contributed by atoms with van der Waals surface area (Å²) in [6.45, 7) is 2.33. The lowest BCUT2D eigenvalue weighted by Crippen LogP contribution is -2.25. The summed E-state index contributed by atoms with van der Waals surface area (Å²) in [5.41, 5.74) is 2.39. The van der Waals surface area contributed by atoms with E-state index in [1.807, 2.05) is 24.3 Å². The second kappa shape index (κ2) is 6.79. The molecular formula is C17H19NO3. The van der Waals surface area contributed by atoms with E-state index in [0.29, 0.717) is 17.7 Å². The van der Waals surface area contributed by atoms with E-state index in [-0.39, 0.29) is 11.7 Å². The summed E-state index contributed by atoms with van der Waals surface area (Å²) in [7, 11) is 1.63. The molecule has 0 unspecified atom stereocenters. The van der Waals surface area contributed by atoms with E-state index >= 15 is 0 Å². The molecule has 0 spiro atoms. The van der Waals surface area contributed by atoms with Gasteiger partial charge >= 0.3 is 0 Å². The Balaban J connectivity index is 1.87. The zero-order valence-electron chi connectivity index (χ0n) is 12.2. The van der Waals surface area contributed by atoms with E-state index < -0.39 is 0 Å². The number of amides is 1. The van der Waals surface area contributed by atoms with Crippen molar-refractivity contribution in [2.75, 3.05) is 13.7 Å². The molecule has 2 N–H and O–H groups in total. The zero-order chi connectivity index (χ0) is 15.2. The van der Waals surface area contributed by atoms with Crippen molar-refractivity contribution in [3.63, 3.8) is 0 Å². The van der Waals surface area contributed by atoms with Crippen LogP contribution in [-0.2, 0) is 6.42 Å². The van der Waals surface area contributed by atoms with Crippen LogP contribution in [0.5, 0.6) is 11.5 Å². The van der Waals surface area contributed by atoms with E-state index in [0.717, 1.165) is 17.7 Å². The number of phenols is 1. The first-order chi connectivity index (χ1) is 10.1. The van der Waals surface area contributed by atoms with Gasteiger partial charge in [0.25, 0.3) is 5.91 Å². The van der Waals surface area contributed by atoms with Gasteiger partial charge in [-0.05, 0) is 54.8 Å². The second-order valence-corrected chi connectivity index (χ2v) is 4.86. The maximum Gasteiger partial charge on any atom is 0.251 e. The minimum Gasteiger partial charge on any atom is -0.508 e. The highest BCUT2D eigenvalue weighted by Gasteiger charge is 2.06. The Kier molecular flexibility index (Phi) is 4.82. The third kappa shape index (κ3) is 3.99. The van der Waals surface area contributed by atoms with Gasteiger partial charge in [0.15, 0.2) is 0 Å². The highest BCUT2D eigenvalue weighted by Crippen LogP contribution is 2.16. The van der Waals surface area contributed by atoms with Crippen LogP contribution >= 0.6 is 0 Å². The van der Waals surface area contributed by atoms with E-state index in [1.165, 1.54) is 6.07 Å². The number of hydrogen-bond donors (Lipinski definition) is 2. The van der Waals surface area contributed by atoms with E-state index in [1.54, 1.807) is 26.2 Å². The molecular weight excluding hydrogens is 266 g/mol. The minimum atomic E-state index is -0.133. The predicted molar refractivity (Wildman–Crippen MR) is 81.9 cm³/mol. The SMILES string of the molecule is COc1ccc(CCNC(=O)c2ccc(O)c(C)c2)cc1. The standard InChI is InChI=1S/C17H19NO3/c1-12-11-14(5-8-16(12)19)17(20)18-10-9-13-3-6-15(21-2)7-4-13/h3-8,11,19H,9-10H2,1-2H3,(H,18,20). The first-order valence-electron chi connectivity index (χ1n) is 6.81. The van der Waals surface area contributed by atoms with Crippen LogP contribution in [0.4, 0.5) is 0 Å². The largest absolute Gasteiger partial charge is 0.508 e. The number of ether oxygens (including phenoxy) is 1. The van der Waals surface area contributed by atoms with Crippen LogP contribution in [0.3, 0.4) is 0 Å². The summed E-state index contributed by atoms with van der Waals surface area (Å²) < 4.78 is 5.10. The Morgan fingerprint density at radius 3 is 2.52 bits per heavy atom. The van der Waals surface area contributed by atoms with Gasteiger partial charge in [-0.25, -0.2) is 0 Å². The lowest BCUT2D eigenvalue weighted by Gasteiger charge is -2.07. The molecule has 0 saturated heterocycles. The van der Waals surface area contributed by atoms with Crippen molar-refractivity contribution < 1.29 is 14.6 Å². The van der Waals surface area contributed by atoms with Gasteiger partial charge in [0.05, 0.1) is 7.11 Å². The van der Waals surface area contributed by atoms with Crippen LogP contribution < -0.4 is 10.1 Å². The number of aryl methyl sites for hydroxylation is 1. The van der Waals surface area contributed by atoms with Crippen LogP contribution in [-0.4, -0.2) is 24.7 Å². The van der Waals surface area contributed by atoms with Gasteiger partial charge in [0, 0.05) is 12.1 Å². The first-order valence-corrected chi connectivity index (χ1v) is 6.81. The molecule has 110 valence electrons. The molecule has 0 aromatic heterocycles. The summed E-state index contributed by atoms with van der Waals surface area (Å²) in [5, 5.41) is 12.3. The fourth-order valence-corrected chi connectivity index (χ4v) is 2.01. The lowest BCUT2D eigenvalue weighted by atomic mass is 10.1. The fraction of sp³-hybridized carbons (Fsp3) is 0.235.